The predicted octanol–water partition coefficient (Wildman–Crippen LogP) is 1.04. The molecule has 0 radical (unpaired) electrons. The lowest BCUT2D eigenvalue weighted by Gasteiger charge is -2.32. The van der Waals surface area contributed by atoms with Gasteiger partial charge in [-0.1, -0.05) is 0 Å². The van der Waals surface area contributed by atoms with Gasteiger partial charge in [0.05, 0.1) is 6.04 Å². The molecule has 1 amide bonds. The van der Waals surface area contributed by atoms with E-state index in [0.29, 0.717) is 11.7 Å². The summed E-state index contributed by atoms with van der Waals surface area (Å²) in [4.78, 5) is 14.9. The molecule has 2 aliphatic rings. The second-order valence-electron chi connectivity index (χ2n) is 7.12. The van der Waals surface area contributed by atoms with E-state index in [4.69, 9.17) is 4.74 Å². The number of ether oxygens (including phenoxy) is 1. The number of likely N-dealkylation sites (tertiary alicyclic amines) is 1. The van der Waals surface area contributed by atoms with E-state index in [9.17, 15) is 4.79 Å². The summed E-state index contributed by atoms with van der Waals surface area (Å²) in [7, 11) is 1.74. The van der Waals surface area contributed by atoms with Crippen molar-refractivity contribution in [3.8, 4) is 0 Å². The van der Waals surface area contributed by atoms with Gasteiger partial charge in [0, 0.05) is 52.1 Å². The zero-order valence-corrected chi connectivity index (χ0v) is 15.2. The van der Waals surface area contributed by atoms with Crippen molar-refractivity contribution in [2.24, 2.45) is 0 Å². The van der Waals surface area contributed by atoms with E-state index in [2.05, 4.69) is 20.6 Å². The fourth-order valence-corrected chi connectivity index (χ4v) is 3.71. The van der Waals surface area contributed by atoms with Gasteiger partial charge < -0.3 is 20.3 Å². The summed E-state index contributed by atoms with van der Waals surface area (Å²) in [6.07, 6.45) is 7.30. The predicted molar refractivity (Wildman–Crippen MR) is 96.8 cm³/mol. The fraction of sp³-hybridized carbons (Fsp3) is 0.778. The van der Waals surface area contributed by atoms with Crippen LogP contribution in [0.3, 0.4) is 0 Å². The molecular weight excluding hydrogens is 318 g/mol. The third-order valence-corrected chi connectivity index (χ3v) is 5.23. The molecule has 2 fully saturated rings. The molecule has 0 aliphatic carbocycles. The molecule has 2 aliphatic heterocycles. The number of carbonyl (C=O) groups is 1. The van der Waals surface area contributed by atoms with Gasteiger partial charge >= 0.3 is 0 Å². The molecule has 25 heavy (non-hydrogen) atoms. The molecule has 1 aromatic heterocycles. The van der Waals surface area contributed by atoms with E-state index < -0.39 is 0 Å². The topological polar surface area (TPSA) is 71.4 Å². The van der Waals surface area contributed by atoms with E-state index in [1.807, 2.05) is 16.9 Å². The van der Waals surface area contributed by atoms with E-state index >= 15 is 0 Å². The number of hydrogen-bond donors (Lipinski definition) is 2. The van der Waals surface area contributed by atoms with Crippen LogP contribution in [0.4, 0.5) is 0 Å². The smallest absolute Gasteiger partial charge is 0.271 e. The van der Waals surface area contributed by atoms with Crippen LogP contribution in [0.2, 0.25) is 0 Å². The average molecular weight is 349 g/mol. The lowest BCUT2D eigenvalue weighted by atomic mass is 10.0. The molecule has 7 nitrogen and oxygen atoms in total. The van der Waals surface area contributed by atoms with Gasteiger partial charge in [-0.05, 0) is 44.7 Å². The van der Waals surface area contributed by atoms with E-state index in [1.54, 1.807) is 7.11 Å². The Bertz CT molecular complexity index is 533. The molecule has 1 atom stereocenters. The molecule has 1 aromatic rings. The highest BCUT2D eigenvalue weighted by Gasteiger charge is 2.22. The maximum absolute atomic E-state index is 12.5. The Balaban J connectivity index is 1.43. The molecule has 0 bridgehead atoms. The molecule has 3 heterocycles. The van der Waals surface area contributed by atoms with Crippen molar-refractivity contribution < 1.29 is 9.53 Å². The van der Waals surface area contributed by atoms with Crippen molar-refractivity contribution in [3.63, 3.8) is 0 Å². The van der Waals surface area contributed by atoms with Crippen LogP contribution in [-0.2, 0) is 4.74 Å². The third-order valence-electron chi connectivity index (χ3n) is 5.23. The van der Waals surface area contributed by atoms with Crippen LogP contribution in [0, 0.1) is 0 Å². The minimum absolute atomic E-state index is 0.0413. The van der Waals surface area contributed by atoms with Gasteiger partial charge in [0.25, 0.3) is 5.91 Å². The highest BCUT2D eigenvalue weighted by Crippen LogP contribution is 2.16. The number of aromatic nitrogens is 2. The first kappa shape index (κ1) is 18.4. The zero-order valence-electron chi connectivity index (χ0n) is 15.2. The van der Waals surface area contributed by atoms with Gasteiger partial charge in [0.1, 0.15) is 5.69 Å². The third kappa shape index (κ3) is 5.26. The average Bonchev–Trinajstić information content (AvgIpc) is 3.14. The highest BCUT2D eigenvalue weighted by molar-refractivity contribution is 5.92. The van der Waals surface area contributed by atoms with Gasteiger partial charge in [-0.25, -0.2) is 0 Å². The Morgan fingerprint density at radius 3 is 2.96 bits per heavy atom. The van der Waals surface area contributed by atoms with Crippen LogP contribution < -0.4 is 10.6 Å². The molecule has 2 N–H and O–H groups in total. The van der Waals surface area contributed by atoms with Crippen molar-refractivity contribution in [1.29, 1.82) is 0 Å². The van der Waals surface area contributed by atoms with Crippen LogP contribution in [0.25, 0.3) is 0 Å². The van der Waals surface area contributed by atoms with Crippen molar-refractivity contribution in [2.75, 3.05) is 46.4 Å². The van der Waals surface area contributed by atoms with Crippen LogP contribution in [0.5, 0.6) is 0 Å². The van der Waals surface area contributed by atoms with Crippen LogP contribution in [-0.4, -0.2) is 73.1 Å². The summed E-state index contributed by atoms with van der Waals surface area (Å²) >= 11 is 0. The lowest BCUT2D eigenvalue weighted by molar-refractivity contribution is 0.0900. The molecule has 0 saturated carbocycles. The Hall–Kier alpha value is -1.44. The lowest BCUT2D eigenvalue weighted by Crippen LogP contribution is -2.45. The van der Waals surface area contributed by atoms with Gasteiger partial charge in [-0.3, -0.25) is 9.48 Å². The Morgan fingerprint density at radius 2 is 2.24 bits per heavy atom. The summed E-state index contributed by atoms with van der Waals surface area (Å²) in [6, 6.07) is 2.46. The standard InChI is InChI=1S/C18H31N5O2/c1-25-13-3-9-22-10-5-15(6-11-22)20-18(24)17-7-12-23(21-17)16-4-2-8-19-14-16/h7,12,15-16,19H,2-6,8-11,13-14H2,1H3,(H,20,24). The van der Waals surface area contributed by atoms with Gasteiger partial charge in [-0.2, -0.15) is 5.10 Å². The van der Waals surface area contributed by atoms with Crippen molar-refractivity contribution in [1.82, 2.24) is 25.3 Å². The van der Waals surface area contributed by atoms with Crippen molar-refractivity contribution in [3.05, 3.63) is 18.0 Å². The molecule has 0 aromatic carbocycles. The highest BCUT2D eigenvalue weighted by atomic mass is 16.5. The number of hydrogen-bond acceptors (Lipinski definition) is 5. The van der Waals surface area contributed by atoms with Gasteiger partial charge in [0.15, 0.2) is 0 Å². The Labute approximate surface area is 150 Å². The number of nitrogens with zero attached hydrogens (tertiary/aromatic N) is 3. The van der Waals surface area contributed by atoms with E-state index in [1.165, 1.54) is 0 Å². The minimum atomic E-state index is -0.0413. The first-order valence-electron chi connectivity index (χ1n) is 9.54. The molecule has 7 heteroatoms. The Morgan fingerprint density at radius 1 is 1.40 bits per heavy atom. The van der Waals surface area contributed by atoms with E-state index in [0.717, 1.165) is 71.4 Å². The number of nitrogens with one attached hydrogen (secondary N) is 2. The second kappa shape index (κ2) is 9.31. The normalized spacial score (nSPS) is 22.8. The monoisotopic (exact) mass is 349 g/mol. The number of piperidine rings is 2. The molecule has 0 spiro atoms. The molecule has 140 valence electrons. The zero-order chi connectivity index (χ0) is 17.5. The first-order chi connectivity index (χ1) is 12.3. The maximum atomic E-state index is 12.5. The molecule has 3 rings (SSSR count). The summed E-state index contributed by atoms with van der Waals surface area (Å²) in [6.45, 7) is 5.98. The number of carbonyl (C=O) groups excluding carboxylic acids is 1. The summed E-state index contributed by atoms with van der Waals surface area (Å²) < 4.78 is 7.05. The molecular formula is C18H31N5O2. The fourth-order valence-electron chi connectivity index (χ4n) is 3.71. The van der Waals surface area contributed by atoms with Gasteiger partial charge in [-0.15, -0.1) is 0 Å². The van der Waals surface area contributed by atoms with Crippen molar-refractivity contribution >= 4 is 5.91 Å². The van der Waals surface area contributed by atoms with Crippen LogP contribution >= 0.6 is 0 Å². The first-order valence-corrected chi connectivity index (χ1v) is 9.54. The number of amides is 1. The molecule has 2 saturated heterocycles. The maximum Gasteiger partial charge on any atom is 0.271 e. The summed E-state index contributed by atoms with van der Waals surface area (Å²) in [5, 5.41) is 11.0. The number of rotatable bonds is 7. The minimum Gasteiger partial charge on any atom is -0.385 e. The summed E-state index contributed by atoms with van der Waals surface area (Å²) in [5.74, 6) is -0.0413. The van der Waals surface area contributed by atoms with Crippen LogP contribution in [0.1, 0.15) is 48.6 Å². The van der Waals surface area contributed by atoms with E-state index in [-0.39, 0.29) is 11.9 Å². The SMILES string of the molecule is COCCCN1CCC(NC(=O)c2ccn(C3CCCNC3)n2)CC1. The quantitative estimate of drug-likeness (QED) is 0.720. The van der Waals surface area contributed by atoms with Gasteiger partial charge in [0.2, 0.25) is 0 Å². The largest absolute Gasteiger partial charge is 0.385 e. The van der Waals surface area contributed by atoms with Crippen molar-refractivity contribution in [2.45, 2.75) is 44.2 Å². The number of methoxy groups -OCH3 is 1. The molecule has 1 unspecified atom stereocenters. The second-order valence-corrected chi connectivity index (χ2v) is 7.12. The Kier molecular flexibility index (Phi) is 6.84. The summed E-state index contributed by atoms with van der Waals surface area (Å²) in [5.41, 5.74) is 0.535. The van der Waals surface area contributed by atoms with Crippen LogP contribution in [0.15, 0.2) is 12.3 Å².